The lowest BCUT2D eigenvalue weighted by atomic mass is 10.5. The molecule has 0 N–H and O–H groups in total. The van der Waals surface area contributed by atoms with Crippen molar-refractivity contribution in [3.8, 4) is 0 Å². The second kappa shape index (κ2) is 2.46. The Morgan fingerprint density at radius 2 is 2.62 bits per heavy atom. The van der Waals surface area contributed by atoms with Crippen molar-refractivity contribution >= 4 is 22.9 Å². The minimum Gasteiger partial charge on any atom is -0.230 e. The van der Waals surface area contributed by atoms with Crippen molar-refractivity contribution in [2.45, 2.75) is 13.3 Å². The molecule has 8 heavy (non-hydrogen) atoms. The quantitative estimate of drug-likeness (QED) is 0.595. The van der Waals surface area contributed by atoms with Crippen LogP contribution in [0.5, 0.6) is 0 Å². The summed E-state index contributed by atoms with van der Waals surface area (Å²) in [6, 6.07) is 0. The first-order chi connectivity index (χ1) is 3.83. The van der Waals surface area contributed by atoms with Gasteiger partial charge in [-0.15, -0.1) is 11.3 Å². The van der Waals surface area contributed by atoms with E-state index in [0.29, 0.717) is 5.15 Å². The van der Waals surface area contributed by atoms with E-state index in [1.54, 1.807) is 11.3 Å². The molecular weight excluding hydrogens is 142 g/mol. The highest BCUT2D eigenvalue weighted by Gasteiger charge is 1.93. The monoisotopic (exact) mass is 147 g/mol. The highest BCUT2D eigenvalue weighted by molar-refractivity contribution is 7.10. The zero-order chi connectivity index (χ0) is 5.98. The van der Waals surface area contributed by atoms with Gasteiger partial charge >= 0.3 is 0 Å². The lowest BCUT2D eigenvalue weighted by Crippen LogP contribution is -1.72. The van der Waals surface area contributed by atoms with E-state index in [9.17, 15) is 0 Å². The minimum absolute atomic E-state index is 0.617. The fraction of sp³-hybridized carbons (Fsp3) is 0.400. The van der Waals surface area contributed by atoms with Gasteiger partial charge in [0.2, 0.25) is 0 Å². The van der Waals surface area contributed by atoms with Gasteiger partial charge in [0.05, 0.1) is 5.01 Å². The number of halogens is 1. The van der Waals surface area contributed by atoms with E-state index in [1.807, 2.05) is 5.38 Å². The largest absolute Gasteiger partial charge is 0.230 e. The van der Waals surface area contributed by atoms with Crippen molar-refractivity contribution in [1.82, 2.24) is 4.98 Å². The van der Waals surface area contributed by atoms with Gasteiger partial charge in [-0.3, -0.25) is 0 Å². The Balaban J connectivity index is 2.84. The van der Waals surface area contributed by atoms with Gasteiger partial charge in [-0.05, 0) is 6.42 Å². The van der Waals surface area contributed by atoms with E-state index < -0.39 is 0 Å². The maximum atomic E-state index is 5.54. The molecule has 0 fully saturated rings. The molecule has 1 heterocycles. The SMILES string of the molecule is CCc1nc(Cl)cs1. The van der Waals surface area contributed by atoms with Crippen LogP contribution in [0.4, 0.5) is 0 Å². The van der Waals surface area contributed by atoms with Crippen molar-refractivity contribution in [3.63, 3.8) is 0 Å². The van der Waals surface area contributed by atoms with Gasteiger partial charge in [-0.1, -0.05) is 18.5 Å². The van der Waals surface area contributed by atoms with Gasteiger partial charge in [0.1, 0.15) is 5.15 Å². The van der Waals surface area contributed by atoms with Crippen molar-refractivity contribution in [2.24, 2.45) is 0 Å². The average molecular weight is 148 g/mol. The predicted octanol–water partition coefficient (Wildman–Crippen LogP) is 2.36. The number of hydrogen-bond donors (Lipinski definition) is 0. The van der Waals surface area contributed by atoms with Gasteiger partial charge < -0.3 is 0 Å². The van der Waals surface area contributed by atoms with Gasteiger partial charge in [-0.2, -0.15) is 0 Å². The van der Waals surface area contributed by atoms with Crippen LogP contribution in [0, 0.1) is 0 Å². The minimum atomic E-state index is 0.617. The Kier molecular flexibility index (Phi) is 1.86. The van der Waals surface area contributed by atoms with E-state index in [0.717, 1.165) is 11.4 Å². The zero-order valence-corrected chi connectivity index (χ0v) is 6.09. The molecule has 0 aliphatic carbocycles. The number of aromatic nitrogens is 1. The molecule has 1 nitrogen and oxygen atoms in total. The summed E-state index contributed by atoms with van der Waals surface area (Å²) in [7, 11) is 0. The first-order valence-electron chi connectivity index (χ1n) is 2.43. The van der Waals surface area contributed by atoms with E-state index in [-0.39, 0.29) is 0 Å². The summed E-state index contributed by atoms with van der Waals surface area (Å²) in [5.41, 5.74) is 0. The normalized spacial score (nSPS) is 9.75. The Morgan fingerprint density at radius 3 is 2.88 bits per heavy atom. The summed E-state index contributed by atoms with van der Waals surface area (Å²) in [4.78, 5) is 4.01. The van der Waals surface area contributed by atoms with Crippen LogP contribution in [-0.2, 0) is 6.42 Å². The summed E-state index contributed by atoms with van der Waals surface area (Å²) >= 11 is 7.14. The Labute approximate surface area is 57.3 Å². The average Bonchev–Trinajstić information content (AvgIpc) is 2.14. The first-order valence-corrected chi connectivity index (χ1v) is 3.68. The van der Waals surface area contributed by atoms with Gasteiger partial charge in [0.25, 0.3) is 0 Å². The van der Waals surface area contributed by atoms with Crippen LogP contribution in [0.2, 0.25) is 5.15 Å². The van der Waals surface area contributed by atoms with Gasteiger partial charge in [0, 0.05) is 5.38 Å². The van der Waals surface area contributed by atoms with Gasteiger partial charge in [0.15, 0.2) is 0 Å². The topological polar surface area (TPSA) is 12.9 Å². The van der Waals surface area contributed by atoms with Crippen LogP contribution < -0.4 is 0 Å². The first kappa shape index (κ1) is 6.05. The molecule has 0 saturated heterocycles. The van der Waals surface area contributed by atoms with Crippen molar-refractivity contribution in [3.05, 3.63) is 15.5 Å². The number of hydrogen-bond acceptors (Lipinski definition) is 2. The fourth-order valence-corrected chi connectivity index (χ4v) is 1.34. The molecule has 0 radical (unpaired) electrons. The summed E-state index contributed by atoms with van der Waals surface area (Å²) in [6.07, 6.45) is 0.984. The van der Waals surface area contributed by atoms with E-state index in [4.69, 9.17) is 11.6 Å². The molecule has 1 rings (SSSR count). The third-order valence-electron chi connectivity index (χ3n) is 0.826. The Morgan fingerprint density at radius 1 is 1.88 bits per heavy atom. The van der Waals surface area contributed by atoms with E-state index in [2.05, 4.69) is 11.9 Å². The Bertz CT molecular complexity index is 173. The van der Waals surface area contributed by atoms with Crippen LogP contribution in [0.3, 0.4) is 0 Å². The molecule has 0 amide bonds. The molecule has 0 saturated carbocycles. The molecule has 0 atom stereocenters. The fourth-order valence-electron chi connectivity index (χ4n) is 0.451. The molecule has 0 aromatic carbocycles. The lowest BCUT2D eigenvalue weighted by molar-refractivity contribution is 1.09. The molecule has 0 bridgehead atoms. The van der Waals surface area contributed by atoms with Crippen LogP contribution >= 0.6 is 22.9 Å². The van der Waals surface area contributed by atoms with E-state index in [1.165, 1.54) is 0 Å². The number of rotatable bonds is 1. The number of aryl methyl sites for hydroxylation is 1. The third kappa shape index (κ3) is 1.20. The zero-order valence-electron chi connectivity index (χ0n) is 4.52. The second-order valence-corrected chi connectivity index (χ2v) is 2.75. The molecule has 1 aromatic heterocycles. The lowest BCUT2D eigenvalue weighted by Gasteiger charge is -1.78. The van der Waals surface area contributed by atoms with Crippen molar-refractivity contribution in [1.29, 1.82) is 0 Å². The van der Waals surface area contributed by atoms with Crippen LogP contribution in [0.1, 0.15) is 11.9 Å². The number of thiazole rings is 1. The standard InChI is InChI=1S/C5H6ClNS/c1-2-5-7-4(6)3-8-5/h3H,2H2,1H3. The number of nitrogens with zero attached hydrogens (tertiary/aromatic N) is 1. The molecule has 1 aromatic rings. The highest BCUT2D eigenvalue weighted by atomic mass is 35.5. The second-order valence-electron chi connectivity index (χ2n) is 1.42. The summed E-state index contributed by atoms with van der Waals surface area (Å²) in [5, 5.41) is 3.57. The third-order valence-corrected chi connectivity index (χ3v) is 2.14. The molecule has 0 aliphatic rings. The van der Waals surface area contributed by atoms with Crippen molar-refractivity contribution in [2.75, 3.05) is 0 Å². The summed E-state index contributed by atoms with van der Waals surface area (Å²) in [6.45, 7) is 2.06. The molecular formula is C5H6ClNS. The molecule has 44 valence electrons. The van der Waals surface area contributed by atoms with Crippen LogP contribution in [0.15, 0.2) is 5.38 Å². The van der Waals surface area contributed by atoms with Gasteiger partial charge in [-0.25, -0.2) is 4.98 Å². The summed E-state index contributed by atoms with van der Waals surface area (Å²) in [5.74, 6) is 0. The van der Waals surface area contributed by atoms with E-state index >= 15 is 0 Å². The summed E-state index contributed by atoms with van der Waals surface area (Å²) < 4.78 is 0. The molecule has 3 heteroatoms. The van der Waals surface area contributed by atoms with Crippen LogP contribution in [-0.4, -0.2) is 4.98 Å². The maximum Gasteiger partial charge on any atom is 0.140 e. The predicted molar refractivity (Wildman–Crippen MR) is 36.5 cm³/mol. The molecule has 0 aliphatic heterocycles. The Hall–Kier alpha value is -0.0800. The smallest absolute Gasteiger partial charge is 0.140 e. The van der Waals surface area contributed by atoms with Crippen LogP contribution in [0.25, 0.3) is 0 Å². The molecule has 0 unspecified atom stereocenters. The maximum absolute atomic E-state index is 5.54. The molecule has 0 spiro atoms. The van der Waals surface area contributed by atoms with Crippen molar-refractivity contribution < 1.29 is 0 Å². The highest BCUT2D eigenvalue weighted by Crippen LogP contribution is 2.13.